The second-order valence-electron chi connectivity index (χ2n) is 7.38. The first-order valence-electron chi connectivity index (χ1n) is 9.52. The molecule has 2 aromatic rings. The Balaban J connectivity index is 1.35. The minimum atomic E-state index is -3.72. The Morgan fingerprint density at radius 3 is 2.43 bits per heavy atom. The van der Waals surface area contributed by atoms with E-state index in [1.807, 2.05) is 0 Å². The summed E-state index contributed by atoms with van der Waals surface area (Å²) in [6, 6.07) is 7.54. The van der Waals surface area contributed by atoms with Gasteiger partial charge in [0.25, 0.3) is 10.0 Å². The van der Waals surface area contributed by atoms with Crippen LogP contribution in [0.3, 0.4) is 0 Å². The fourth-order valence-electron chi connectivity index (χ4n) is 3.73. The molecule has 1 aromatic heterocycles. The van der Waals surface area contributed by atoms with Gasteiger partial charge in [-0.2, -0.15) is 4.31 Å². The van der Waals surface area contributed by atoms with E-state index in [-0.39, 0.29) is 46.4 Å². The standard InChI is InChI=1S/C20H21FN2O5S2/c1-28-20(25)14-10-18(29-12-14)30(26,27)23-8-6-22(7-9-23)19(24)17-11-16(17)13-2-4-15(21)5-3-13/h2-5,10,12,16-17H,6-9,11H2,1H3. The van der Waals surface area contributed by atoms with E-state index in [1.54, 1.807) is 17.0 Å². The number of benzene rings is 1. The molecule has 7 nitrogen and oxygen atoms in total. The van der Waals surface area contributed by atoms with Crippen molar-refractivity contribution in [3.05, 3.63) is 52.7 Å². The molecule has 1 aliphatic heterocycles. The number of carbonyl (C=O) groups is 2. The molecular weight excluding hydrogens is 431 g/mol. The molecule has 2 heterocycles. The molecule has 2 fully saturated rings. The van der Waals surface area contributed by atoms with E-state index in [4.69, 9.17) is 0 Å². The zero-order valence-electron chi connectivity index (χ0n) is 16.3. The lowest BCUT2D eigenvalue weighted by Crippen LogP contribution is -2.50. The number of hydrogen-bond acceptors (Lipinski definition) is 6. The molecule has 1 aromatic carbocycles. The number of rotatable bonds is 5. The Labute approximate surface area is 178 Å². The molecule has 1 saturated heterocycles. The zero-order chi connectivity index (χ0) is 21.5. The number of methoxy groups -OCH3 is 1. The molecule has 4 rings (SSSR count). The van der Waals surface area contributed by atoms with Crippen LogP contribution in [0.4, 0.5) is 4.39 Å². The van der Waals surface area contributed by atoms with Gasteiger partial charge in [-0.1, -0.05) is 12.1 Å². The van der Waals surface area contributed by atoms with Crippen LogP contribution in [0, 0.1) is 11.7 Å². The highest BCUT2D eigenvalue weighted by atomic mass is 32.2. The molecule has 0 spiro atoms. The van der Waals surface area contributed by atoms with E-state index in [0.717, 1.165) is 23.3 Å². The topological polar surface area (TPSA) is 84.0 Å². The number of esters is 1. The number of hydrogen-bond donors (Lipinski definition) is 0. The predicted molar refractivity (Wildman–Crippen MR) is 108 cm³/mol. The van der Waals surface area contributed by atoms with Crippen molar-refractivity contribution in [1.82, 2.24) is 9.21 Å². The summed E-state index contributed by atoms with van der Waals surface area (Å²) in [7, 11) is -2.48. The smallest absolute Gasteiger partial charge is 0.338 e. The Morgan fingerprint density at radius 1 is 1.13 bits per heavy atom. The molecule has 2 aliphatic rings. The van der Waals surface area contributed by atoms with E-state index >= 15 is 0 Å². The number of nitrogens with zero attached hydrogens (tertiary/aromatic N) is 2. The summed E-state index contributed by atoms with van der Waals surface area (Å²) in [5.74, 6) is -0.890. The van der Waals surface area contributed by atoms with Crippen molar-refractivity contribution in [3.63, 3.8) is 0 Å². The van der Waals surface area contributed by atoms with Crippen molar-refractivity contribution < 1.29 is 27.1 Å². The minimum absolute atomic E-state index is 0.0190. The van der Waals surface area contributed by atoms with Crippen molar-refractivity contribution in [3.8, 4) is 0 Å². The Hall–Kier alpha value is -2.30. The van der Waals surface area contributed by atoms with Gasteiger partial charge in [0.15, 0.2) is 0 Å². The van der Waals surface area contributed by atoms with Gasteiger partial charge in [-0.25, -0.2) is 17.6 Å². The van der Waals surface area contributed by atoms with E-state index in [0.29, 0.717) is 13.1 Å². The lowest BCUT2D eigenvalue weighted by Gasteiger charge is -2.34. The molecule has 2 unspecified atom stereocenters. The van der Waals surface area contributed by atoms with Crippen molar-refractivity contribution in [2.45, 2.75) is 16.5 Å². The zero-order valence-corrected chi connectivity index (χ0v) is 17.9. The number of halogens is 1. The third kappa shape index (κ3) is 3.99. The molecule has 1 saturated carbocycles. The highest BCUT2D eigenvalue weighted by Crippen LogP contribution is 2.48. The van der Waals surface area contributed by atoms with Crippen molar-refractivity contribution in [2.24, 2.45) is 5.92 Å². The van der Waals surface area contributed by atoms with Gasteiger partial charge in [0, 0.05) is 37.5 Å². The summed E-state index contributed by atoms with van der Waals surface area (Å²) in [5.41, 5.74) is 1.16. The largest absolute Gasteiger partial charge is 0.465 e. The minimum Gasteiger partial charge on any atom is -0.465 e. The quantitative estimate of drug-likeness (QED) is 0.650. The lowest BCUT2D eigenvalue weighted by molar-refractivity contribution is -0.133. The normalized spacial score (nSPS) is 22.0. The molecule has 0 bridgehead atoms. The molecule has 160 valence electrons. The summed E-state index contributed by atoms with van der Waals surface area (Å²) in [5, 5.41) is 1.46. The maximum atomic E-state index is 13.1. The van der Waals surface area contributed by atoms with E-state index in [9.17, 15) is 22.4 Å². The Morgan fingerprint density at radius 2 is 1.80 bits per heavy atom. The van der Waals surface area contributed by atoms with Gasteiger partial charge >= 0.3 is 5.97 Å². The summed E-state index contributed by atoms with van der Waals surface area (Å²) >= 11 is 0.977. The third-order valence-corrected chi connectivity index (χ3v) is 8.86. The van der Waals surface area contributed by atoms with Gasteiger partial charge in [0.2, 0.25) is 5.91 Å². The van der Waals surface area contributed by atoms with Gasteiger partial charge in [0.05, 0.1) is 12.7 Å². The van der Waals surface area contributed by atoms with Crippen molar-refractivity contribution >= 4 is 33.2 Å². The van der Waals surface area contributed by atoms with E-state index in [2.05, 4.69) is 4.74 Å². The maximum absolute atomic E-state index is 13.1. The lowest BCUT2D eigenvalue weighted by atomic mass is 10.1. The Kier molecular flexibility index (Phi) is 5.65. The van der Waals surface area contributed by atoms with Crippen LogP contribution in [0.25, 0.3) is 0 Å². The molecular formula is C20H21FN2O5S2. The molecule has 0 N–H and O–H groups in total. The van der Waals surface area contributed by atoms with Crippen LogP contribution < -0.4 is 0 Å². The van der Waals surface area contributed by atoms with Crippen LogP contribution in [-0.4, -0.2) is 62.8 Å². The van der Waals surface area contributed by atoms with Gasteiger partial charge in [-0.15, -0.1) is 11.3 Å². The molecule has 10 heteroatoms. The van der Waals surface area contributed by atoms with Gasteiger partial charge in [-0.3, -0.25) is 4.79 Å². The molecule has 30 heavy (non-hydrogen) atoms. The molecule has 2 atom stereocenters. The van der Waals surface area contributed by atoms with Crippen LogP contribution in [0.5, 0.6) is 0 Å². The second kappa shape index (κ2) is 8.09. The van der Waals surface area contributed by atoms with Gasteiger partial charge < -0.3 is 9.64 Å². The average Bonchev–Trinajstić information content (AvgIpc) is 3.39. The van der Waals surface area contributed by atoms with Crippen LogP contribution in [-0.2, 0) is 19.6 Å². The fraction of sp³-hybridized carbons (Fsp3) is 0.400. The molecule has 1 aliphatic carbocycles. The maximum Gasteiger partial charge on any atom is 0.338 e. The van der Waals surface area contributed by atoms with E-state index in [1.165, 1.54) is 35.0 Å². The fourth-order valence-corrected chi connectivity index (χ4v) is 6.46. The SMILES string of the molecule is COC(=O)c1csc(S(=O)(=O)N2CCN(C(=O)C3CC3c3ccc(F)cc3)CC2)c1. The number of thiophene rings is 1. The molecule has 1 amide bonds. The summed E-state index contributed by atoms with van der Waals surface area (Å²) in [6.45, 7) is 1.04. The average molecular weight is 453 g/mol. The van der Waals surface area contributed by atoms with Crippen molar-refractivity contribution in [1.29, 1.82) is 0 Å². The van der Waals surface area contributed by atoms with E-state index < -0.39 is 16.0 Å². The highest BCUT2D eigenvalue weighted by Gasteiger charge is 2.46. The van der Waals surface area contributed by atoms with Crippen LogP contribution >= 0.6 is 11.3 Å². The van der Waals surface area contributed by atoms with Crippen LogP contribution in [0.2, 0.25) is 0 Å². The van der Waals surface area contributed by atoms with Crippen LogP contribution in [0.1, 0.15) is 28.3 Å². The second-order valence-corrected chi connectivity index (χ2v) is 10.5. The highest BCUT2D eigenvalue weighted by molar-refractivity contribution is 7.91. The summed E-state index contributed by atoms with van der Waals surface area (Å²) in [4.78, 5) is 26.1. The molecule has 0 radical (unpaired) electrons. The third-order valence-electron chi connectivity index (χ3n) is 5.55. The first kappa shape index (κ1) is 21.0. The summed E-state index contributed by atoms with van der Waals surface area (Å²) < 4.78 is 44.8. The predicted octanol–water partition coefficient (Wildman–Crippen LogP) is 2.31. The van der Waals surface area contributed by atoms with Crippen LogP contribution in [0.15, 0.2) is 39.9 Å². The monoisotopic (exact) mass is 452 g/mol. The van der Waals surface area contributed by atoms with Gasteiger partial charge in [0.1, 0.15) is 10.0 Å². The number of carbonyl (C=O) groups excluding carboxylic acids is 2. The first-order chi connectivity index (χ1) is 14.3. The summed E-state index contributed by atoms with van der Waals surface area (Å²) in [6.07, 6.45) is 0.731. The van der Waals surface area contributed by atoms with Gasteiger partial charge in [-0.05, 0) is 36.1 Å². The number of piperazine rings is 1. The number of amides is 1. The number of ether oxygens (including phenoxy) is 1. The van der Waals surface area contributed by atoms with Crippen molar-refractivity contribution in [2.75, 3.05) is 33.3 Å². The first-order valence-corrected chi connectivity index (χ1v) is 11.8. The number of sulfonamides is 1. The Bertz CT molecular complexity index is 1060.